The van der Waals surface area contributed by atoms with Crippen LogP contribution in [0.25, 0.3) is 10.8 Å². The SMILES string of the molecule is Cc1ccc(C(C)NC(=O)CN2c3cccc4cccc(c34)S2(=O)=O)cc1C. The van der Waals surface area contributed by atoms with Crippen molar-refractivity contribution in [1.82, 2.24) is 5.32 Å². The van der Waals surface area contributed by atoms with Crippen LogP contribution in [0.2, 0.25) is 0 Å². The maximum Gasteiger partial charge on any atom is 0.265 e. The molecule has 1 unspecified atom stereocenters. The fraction of sp³-hybridized carbons (Fsp3) is 0.227. The number of hydrogen-bond acceptors (Lipinski definition) is 3. The van der Waals surface area contributed by atoms with Crippen molar-refractivity contribution in [1.29, 1.82) is 0 Å². The number of nitrogens with zero attached hydrogens (tertiary/aromatic N) is 1. The Balaban J connectivity index is 1.58. The van der Waals surface area contributed by atoms with Crippen molar-refractivity contribution in [3.63, 3.8) is 0 Å². The van der Waals surface area contributed by atoms with Gasteiger partial charge in [-0.15, -0.1) is 0 Å². The zero-order chi connectivity index (χ0) is 20.1. The minimum atomic E-state index is -3.73. The summed E-state index contributed by atoms with van der Waals surface area (Å²) in [5, 5.41) is 4.45. The monoisotopic (exact) mass is 394 g/mol. The van der Waals surface area contributed by atoms with Crippen LogP contribution in [-0.4, -0.2) is 20.9 Å². The number of rotatable bonds is 4. The molecule has 1 aliphatic rings. The summed E-state index contributed by atoms with van der Waals surface area (Å²) in [6, 6.07) is 16.5. The molecule has 1 amide bonds. The number of aryl methyl sites for hydroxylation is 2. The molecule has 1 atom stereocenters. The van der Waals surface area contributed by atoms with Gasteiger partial charge in [-0.3, -0.25) is 9.10 Å². The van der Waals surface area contributed by atoms with E-state index in [0.717, 1.165) is 16.5 Å². The van der Waals surface area contributed by atoms with E-state index < -0.39 is 10.0 Å². The van der Waals surface area contributed by atoms with Gasteiger partial charge in [0.25, 0.3) is 10.0 Å². The van der Waals surface area contributed by atoms with Gasteiger partial charge in [0.15, 0.2) is 0 Å². The molecule has 0 fully saturated rings. The molecular formula is C22H22N2O3S. The van der Waals surface area contributed by atoms with Gasteiger partial charge in [-0.25, -0.2) is 8.42 Å². The Morgan fingerprint density at radius 1 is 1.04 bits per heavy atom. The molecule has 0 saturated carbocycles. The topological polar surface area (TPSA) is 66.5 Å². The molecule has 0 aliphatic carbocycles. The van der Waals surface area contributed by atoms with Gasteiger partial charge in [0, 0.05) is 5.39 Å². The Morgan fingerprint density at radius 2 is 1.75 bits per heavy atom. The van der Waals surface area contributed by atoms with E-state index in [2.05, 4.69) is 5.32 Å². The van der Waals surface area contributed by atoms with Crippen LogP contribution in [-0.2, 0) is 14.8 Å². The van der Waals surface area contributed by atoms with Crippen LogP contribution in [0, 0.1) is 13.8 Å². The van der Waals surface area contributed by atoms with Gasteiger partial charge in [0.2, 0.25) is 5.91 Å². The number of carbonyl (C=O) groups excluding carboxylic acids is 1. The summed E-state index contributed by atoms with van der Waals surface area (Å²) in [4.78, 5) is 12.9. The van der Waals surface area contributed by atoms with Crippen LogP contribution in [0.5, 0.6) is 0 Å². The Kier molecular flexibility index (Phi) is 4.38. The highest BCUT2D eigenvalue weighted by atomic mass is 32.2. The predicted octanol–water partition coefficient (Wildman–Crippen LogP) is 3.84. The molecule has 0 radical (unpaired) electrons. The second-order valence-corrected chi connectivity index (χ2v) is 9.11. The van der Waals surface area contributed by atoms with E-state index >= 15 is 0 Å². The van der Waals surface area contributed by atoms with Gasteiger partial charge >= 0.3 is 0 Å². The third kappa shape index (κ3) is 2.94. The summed E-state index contributed by atoms with van der Waals surface area (Å²) in [5.41, 5.74) is 3.90. The minimum absolute atomic E-state index is 0.213. The largest absolute Gasteiger partial charge is 0.348 e. The van der Waals surface area contributed by atoms with E-state index in [1.165, 1.54) is 9.87 Å². The Hall–Kier alpha value is -2.86. The highest BCUT2D eigenvalue weighted by molar-refractivity contribution is 7.93. The molecule has 5 nitrogen and oxygen atoms in total. The minimum Gasteiger partial charge on any atom is -0.348 e. The quantitative estimate of drug-likeness (QED) is 0.731. The fourth-order valence-electron chi connectivity index (χ4n) is 3.66. The molecule has 1 N–H and O–H groups in total. The molecule has 0 bridgehead atoms. The van der Waals surface area contributed by atoms with Crippen molar-refractivity contribution in [3.8, 4) is 0 Å². The molecule has 144 valence electrons. The second-order valence-electron chi connectivity index (χ2n) is 7.28. The standard InChI is InChI=1S/C22H22N2O3S/c1-14-10-11-18(12-15(14)2)16(3)23-21(25)13-24-19-8-4-6-17-7-5-9-20(22(17)19)28(24,26)27/h4-12,16H,13H2,1-3H3,(H,23,25). The summed E-state index contributed by atoms with van der Waals surface area (Å²) in [6.07, 6.45) is 0. The van der Waals surface area contributed by atoms with E-state index in [4.69, 9.17) is 0 Å². The van der Waals surface area contributed by atoms with Crippen molar-refractivity contribution >= 4 is 32.4 Å². The first-order valence-corrected chi connectivity index (χ1v) is 10.6. The van der Waals surface area contributed by atoms with Gasteiger partial charge in [0.1, 0.15) is 6.54 Å². The average Bonchev–Trinajstić information content (AvgIpc) is 2.87. The van der Waals surface area contributed by atoms with Crippen LogP contribution in [0.4, 0.5) is 5.69 Å². The van der Waals surface area contributed by atoms with E-state index in [1.54, 1.807) is 18.2 Å². The molecular weight excluding hydrogens is 372 g/mol. The fourth-order valence-corrected chi connectivity index (χ4v) is 5.33. The van der Waals surface area contributed by atoms with Gasteiger partial charge < -0.3 is 5.32 Å². The number of anilines is 1. The average molecular weight is 394 g/mol. The van der Waals surface area contributed by atoms with Gasteiger partial charge in [-0.05, 0) is 55.0 Å². The van der Waals surface area contributed by atoms with E-state index in [0.29, 0.717) is 11.1 Å². The Bertz CT molecular complexity index is 1200. The van der Waals surface area contributed by atoms with Gasteiger partial charge in [0.05, 0.1) is 16.6 Å². The van der Waals surface area contributed by atoms with Crippen LogP contribution in [0.3, 0.4) is 0 Å². The lowest BCUT2D eigenvalue weighted by atomic mass is 10.0. The number of benzene rings is 3. The number of hydrogen-bond donors (Lipinski definition) is 1. The molecule has 1 aliphatic heterocycles. The van der Waals surface area contributed by atoms with E-state index in [1.807, 2.05) is 57.2 Å². The summed E-state index contributed by atoms with van der Waals surface area (Å²) in [5.74, 6) is -0.334. The lowest BCUT2D eigenvalue weighted by molar-refractivity contribution is -0.120. The number of sulfonamides is 1. The first-order chi connectivity index (χ1) is 13.3. The van der Waals surface area contributed by atoms with Crippen molar-refractivity contribution in [2.24, 2.45) is 0 Å². The zero-order valence-corrected chi connectivity index (χ0v) is 16.9. The molecule has 28 heavy (non-hydrogen) atoms. The summed E-state index contributed by atoms with van der Waals surface area (Å²) < 4.78 is 27.2. The number of nitrogens with one attached hydrogen (secondary N) is 1. The first-order valence-electron chi connectivity index (χ1n) is 9.20. The maximum atomic E-state index is 13.0. The van der Waals surface area contributed by atoms with Crippen LogP contribution in [0.1, 0.15) is 29.7 Å². The molecule has 4 rings (SSSR count). The van der Waals surface area contributed by atoms with Crippen LogP contribution >= 0.6 is 0 Å². The predicted molar refractivity (Wildman–Crippen MR) is 111 cm³/mol. The van der Waals surface area contributed by atoms with E-state index in [-0.39, 0.29) is 23.4 Å². The Labute approximate surface area is 165 Å². The van der Waals surface area contributed by atoms with Crippen molar-refractivity contribution in [3.05, 3.63) is 71.3 Å². The number of amides is 1. The van der Waals surface area contributed by atoms with Crippen LogP contribution in [0.15, 0.2) is 59.5 Å². The lowest BCUT2D eigenvalue weighted by Crippen LogP contribution is -2.39. The van der Waals surface area contributed by atoms with Crippen LogP contribution < -0.4 is 9.62 Å². The lowest BCUT2D eigenvalue weighted by Gasteiger charge is -2.21. The molecule has 6 heteroatoms. The molecule has 0 saturated heterocycles. The Morgan fingerprint density at radius 3 is 2.46 bits per heavy atom. The highest BCUT2D eigenvalue weighted by Crippen LogP contribution is 2.41. The van der Waals surface area contributed by atoms with Crippen molar-refractivity contribution < 1.29 is 13.2 Å². The second kappa shape index (κ2) is 6.63. The molecule has 0 spiro atoms. The van der Waals surface area contributed by atoms with E-state index in [9.17, 15) is 13.2 Å². The van der Waals surface area contributed by atoms with Crippen molar-refractivity contribution in [2.75, 3.05) is 10.8 Å². The van der Waals surface area contributed by atoms with Gasteiger partial charge in [-0.1, -0.05) is 42.5 Å². The first kappa shape index (κ1) is 18.5. The molecule has 3 aromatic rings. The van der Waals surface area contributed by atoms with Crippen molar-refractivity contribution in [2.45, 2.75) is 31.7 Å². The smallest absolute Gasteiger partial charge is 0.265 e. The highest BCUT2D eigenvalue weighted by Gasteiger charge is 2.36. The summed E-state index contributed by atoms with van der Waals surface area (Å²) >= 11 is 0. The third-order valence-electron chi connectivity index (χ3n) is 5.38. The molecule has 0 aromatic heterocycles. The normalized spacial score (nSPS) is 15.6. The van der Waals surface area contributed by atoms with Gasteiger partial charge in [-0.2, -0.15) is 0 Å². The zero-order valence-electron chi connectivity index (χ0n) is 16.1. The maximum absolute atomic E-state index is 13.0. The third-order valence-corrected chi connectivity index (χ3v) is 7.18. The molecule has 1 heterocycles. The molecule has 3 aromatic carbocycles. The summed E-state index contributed by atoms with van der Waals surface area (Å²) in [7, 11) is -3.73. The summed E-state index contributed by atoms with van der Waals surface area (Å²) in [6.45, 7) is 5.72. The number of carbonyl (C=O) groups is 1.